The zero-order chi connectivity index (χ0) is 24.1. The fourth-order valence-electron chi connectivity index (χ4n) is 3.00. The van der Waals surface area contributed by atoms with Crippen molar-refractivity contribution in [2.75, 3.05) is 13.2 Å². The quantitative estimate of drug-likeness (QED) is 0.220. The van der Waals surface area contributed by atoms with Gasteiger partial charge >= 0.3 is 6.18 Å². The van der Waals surface area contributed by atoms with Crippen LogP contribution in [0.4, 0.5) is 17.6 Å². The molecule has 0 bridgehead atoms. The van der Waals surface area contributed by atoms with E-state index in [1.807, 2.05) is 0 Å². The lowest BCUT2D eigenvalue weighted by atomic mass is 9.98. The largest absolute Gasteiger partial charge is 0.491 e. The van der Waals surface area contributed by atoms with Crippen molar-refractivity contribution < 1.29 is 31.8 Å². The third kappa shape index (κ3) is 6.31. The Balaban J connectivity index is 1.71. The van der Waals surface area contributed by atoms with Gasteiger partial charge in [-0.15, -0.1) is 11.6 Å². The first-order valence-corrected chi connectivity index (χ1v) is 10.7. The molecule has 1 unspecified atom stereocenters. The summed E-state index contributed by atoms with van der Waals surface area (Å²) in [6.07, 6.45) is -4.90. The van der Waals surface area contributed by atoms with Crippen molar-refractivity contribution in [3.05, 3.63) is 88.7 Å². The molecule has 0 fully saturated rings. The maximum absolute atomic E-state index is 14.2. The van der Waals surface area contributed by atoms with Gasteiger partial charge in [0.1, 0.15) is 11.5 Å². The van der Waals surface area contributed by atoms with Gasteiger partial charge in [0.05, 0.1) is 19.8 Å². The molecule has 3 nitrogen and oxygen atoms in total. The Bertz CT molecular complexity index is 1070. The molecular weight excluding hydrogens is 483 g/mol. The standard InChI is InChI=1S/C24H20Cl2F4O3/c1-2-32-22-11-6-17(13-21(22)27)23(26,24(28,29)30)15-31-14-16-4-3-5-20(12-16)33-19-9-7-18(25)8-10-19/h3-13H,2,14-15H2,1H3. The maximum Gasteiger partial charge on any atom is 0.413 e. The Morgan fingerprint density at radius 2 is 1.64 bits per heavy atom. The summed E-state index contributed by atoms with van der Waals surface area (Å²) in [6.45, 7) is 0.722. The molecule has 0 aliphatic heterocycles. The topological polar surface area (TPSA) is 27.7 Å². The fourth-order valence-corrected chi connectivity index (χ4v) is 3.32. The number of ether oxygens (including phenoxy) is 3. The first kappa shape index (κ1) is 25.1. The van der Waals surface area contributed by atoms with Crippen LogP contribution in [-0.2, 0) is 16.2 Å². The van der Waals surface area contributed by atoms with Crippen molar-refractivity contribution >= 4 is 23.2 Å². The van der Waals surface area contributed by atoms with E-state index >= 15 is 0 Å². The summed E-state index contributed by atoms with van der Waals surface area (Å²) in [5.74, 6) is -0.0664. The summed E-state index contributed by atoms with van der Waals surface area (Å²) in [6, 6.07) is 16.3. The summed E-state index contributed by atoms with van der Waals surface area (Å²) in [5, 5.41) is 0.561. The molecule has 33 heavy (non-hydrogen) atoms. The smallest absolute Gasteiger partial charge is 0.413 e. The van der Waals surface area contributed by atoms with Crippen LogP contribution in [0.2, 0.25) is 5.02 Å². The van der Waals surface area contributed by atoms with Gasteiger partial charge in [-0.25, -0.2) is 4.39 Å². The molecule has 0 amide bonds. The lowest BCUT2D eigenvalue weighted by Crippen LogP contribution is -2.41. The van der Waals surface area contributed by atoms with Gasteiger partial charge in [-0.2, -0.15) is 13.2 Å². The van der Waals surface area contributed by atoms with Crippen molar-refractivity contribution in [3.8, 4) is 17.2 Å². The second-order valence-corrected chi connectivity index (χ2v) is 8.15. The maximum atomic E-state index is 14.2. The van der Waals surface area contributed by atoms with Crippen LogP contribution in [0.15, 0.2) is 66.7 Å². The molecule has 0 saturated carbocycles. The molecule has 1 atom stereocenters. The van der Waals surface area contributed by atoms with Crippen LogP contribution in [0, 0.1) is 5.82 Å². The lowest BCUT2D eigenvalue weighted by molar-refractivity contribution is -0.179. The summed E-state index contributed by atoms with van der Waals surface area (Å²) < 4.78 is 71.8. The van der Waals surface area contributed by atoms with Crippen LogP contribution in [0.5, 0.6) is 17.2 Å². The molecule has 9 heteroatoms. The minimum absolute atomic E-state index is 0.152. The van der Waals surface area contributed by atoms with Crippen molar-refractivity contribution in [2.45, 2.75) is 24.6 Å². The van der Waals surface area contributed by atoms with Crippen LogP contribution >= 0.6 is 23.2 Å². The Labute approximate surface area is 198 Å². The Kier molecular flexibility index (Phi) is 8.10. The summed E-state index contributed by atoms with van der Waals surface area (Å²) in [4.78, 5) is -2.93. The first-order chi connectivity index (χ1) is 15.6. The monoisotopic (exact) mass is 502 g/mol. The number of benzene rings is 3. The van der Waals surface area contributed by atoms with Gasteiger partial charge in [0.15, 0.2) is 16.4 Å². The van der Waals surface area contributed by atoms with Crippen molar-refractivity contribution in [1.29, 1.82) is 0 Å². The number of alkyl halides is 4. The van der Waals surface area contributed by atoms with Gasteiger partial charge in [-0.05, 0) is 66.6 Å². The van der Waals surface area contributed by atoms with Gasteiger partial charge in [0.25, 0.3) is 0 Å². The molecule has 3 aromatic carbocycles. The highest BCUT2D eigenvalue weighted by atomic mass is 35.5. The van der Waals surface area contributed by atoms with Gasteiger partial charge in [0, 0.05) is 5.02 Å². The van der Waals surface area contributed by atoms with Crippen molar-refractivity contribution in [2.24, 2.45) is 0 Å². The molecule has 0 spiro atoms. The SMILES string of the molecule is CCOc1ccc(C(Cl)(COCc2cccc(Oc3ccc(Cl)cc3)c2)C(F)(F)F)cc1F. The molecular formula is C24H20Cl2F4O3. The minimum Gasteiger partial charge on any atom is -0.491 e. The van der Waals surface area contributed by atoms with Crippen LogP contribution in [0.1, 0.15) is 18.1 Å². The average molecular weight is 503 g/mol. The van der Waals surface area contributed by atoms with E-state index in [1.54, 1.807) is 55.5 Å². The fraction of sp³-hybridized carbons (Fsp3) is 0.250. The highest BCUT2D eigenvalue weighted by Crippen LogP contribution is 2.46. The predicted molar refractivity (Wildman–Crippen MR) is 119 cm³/mol. The van der Waals surface area contributed by atoms with Crippen molar-refractivity contribution in [1.82, 2.24) is 0 Å². The van der Waals surface area contributed by atoms with E-state index in [9.17, 15) is 17.6 Å². The van der Waals surface area contributed by atoms with E-state index in [4.69, 9.17) is 37.4 Å². The van der Waals surface area contributed by atoms with E-state index in [0.29, 0.717) is 22.1 Å². The van der Waals surface area contributed by atoms with Crippen molar-refractivity contribution in [3.63, 3.8) is 0 Å². The zero-order valence-electron chi connectivity index (χ0n) is 17.5. The van der Waals surface area contributed by atoms with Gasteiger partial charge < -0.3 is 14.2 Å². The van der Waals surface area contributed by atoms with Crippen LogP contribution in [0.3, 0.4) is 0 Å². The van der Waals surface area contributed by atoms with E-state index in [1.165, 1.54) is 0 Å². The number of halogens is 6. The molecule has 0 radical (unpaired) electrons. The van der Waals surface area contributed by atoms with Gasteiger partial charge in [-0.1, -0.05) is 29.8 Å². The Hall–Kier alpha value is -2.48. The predicted octanol–water partition coefficient (Wildman–Crippen LogP) is 7.88. The Morgan fingerprint density at radius 3 is 2.27 bits per heavy atom. The minimum atomic E-state index is -4.90. The molecule has 0 aromatic heterocycles. The molecule has 0 saturated heterocycles. The number of rotatable bonds is 9. The normalized spacial score (nSPS) is 13.4. The molecule has 0 aliphatic carbocycles. The third-order valence-corrected chi connectivity index (χ3v) is 5.45. The molecule has 0 N–H and O–H groups in total. The van der Waals surface area contributed by atoms with Crippen LogP contribution < -0.4 is 9.47 Å². The van der Waals surface area contributed by atoms with Crippen LogP contribution in [0.25, 0.3) is 0 Å². The van der Waals surface area contributed by atoms with E-state index in [-0.39, 0.29) is 19.0 Å². The van der Waals surface area contributed by atoms with Gasteiger partial charge in [-0.3, -0.25) is 0 Å². The molecule has 176 valence electrons. The highest BCUT2D eigenvalue weighted by molar-refractivity contribution is 6.30. The molecule has 0 aliphatic rings. The molecule has 3 aromatic rings. The Morgan fingerprint density at radius 1 is 0.909 bits per heavy atom. The van der Waals surface area contributed by atoms with Gasteiger partial charge in [0.2, 0.25) is 0 Å². The molecule has 0 heterocycles. The lowest BCUT2D eigenvalue weighted by Gasteiger charge is -2.30. The second-order valence-electron chi connectivity index (χ2n) is 7.07. The van der Waals surface area contributed by atoms with E-state index in [0.717, 1.165) is 18.2 Å². The second kappa shape index (κ2) is 10.6. The average Bonchev–Trinajstić information content (AvgIpc) is 2.76. The molecule has 3 rings (SSSR count). The number of hydrogen-bond donors (Lipinski definition) is 0. The summed E-state index contributed by atoms with van der Waals surface area (Å²) >= 11 is 11.8. The van der Waals surface area contributed by atoms with Crippen LogP contribution in [-0.4, -0.2) is 19.4 Å². The first-order valence-electron chi connectivity index (χ1n) is 9.91. The van der Waals surface area contributed by atoms with E-state index in [2.05, 4.69) is 0 Å². The zero-order valence-corrected chi connectivity index (χ0v) is 19.0. The highest BCUT2D eigenvalue weighted by Gasteiger charge is 2.55. The number of hydrogen-bond acceptors (Lipinski definition) is 3. The summed E-state index contributed by atoms with van der Waals surface area (Å²) in [5.41, 5.74) is 0.0953. The third-order valence-electron chi connectivity index (χ3n) is 4.66. The summed E-state index contributed by atoms with van der Waals surface area (Å²) in [7, 11) is 0. The van der Waals surface area contributed by atoms with E-state index < -0.39 is 29.0 Å².